The first-order chi connectivity index (χ1) is 25.5. The predicted octanol–water partition coefficient (Wildman–Crippen LogP) is 14.1. The molecule has 0 saturated heterocycles. The lowest BCUT2D eigenvalue weighted by Crippen LogP contribution is -2.16. The molecule has 2 heterocycles. The van der Waals surface area contributed by atoms with Gasteiger partial charge in [0.05, 0.1) is 11.1 Å². The lowest BCUT2D eigenvalue weighted by atomic mass is 9.82. The molecule has 1 aliphatic carbocycles. The molecule has 3 heteroatoms. The van der Waals surface area contributed by atoms with E-state index in [1.165, 1.54) is 27.6 Å². The van der Waals surface area contributed by atoms with Gasteiger partial charge in [-0.15, -0.1) is 0 Å². The van der Waals surface area contributed by atoms with Gasteiger partial charge < -0.3 is 13.7 Å². The van der Waals surface area contributed by atoms with Crippen LogP contribution in [0.25, 0.3) is 76.9 Å². The normalized spacial score (nSPS) is 13.3. The van der Waals surface area contributed by atoms with Gasteiger partial charge in [-0.2, -0.15) is 0 Å². The number of para-hydroxylation sites is 1. The molecule has 1 aliphatic rings. The molecule has 10 aromatic rings. The van der Waals surface area contributed by atoms with E-state index in [0.717, 1.165) is 77.5 Å². The lowest BCUT2D eigenvalue weighted by Gasteiger charge is -2.29. The summed E-state index contributed by atoms with van der Waals surface area (Å²) in [5.41, 5.74) is 14.3. The second kappa shape index (κ2) is 10.7. The SMILES string of the molecule is CC1(C)c2ccccc2-c2ccc(N(c3cccc(-c4cccc5oc6c7ccccc7ccc6c45)c3)c3cccc4oc5ccccc5c34)cc21. The van der Waals surface area contributed by atoms with Gasteiger partial charge in [-0.25, -0.2) is 0 Å². The first kappa shape index (κ1) is 29.2. The molecule has 0 N–H and O–H groups in total. The van der Waals surface area contributed by atoms with Crippen LogP contribution in [0.15, 0.2) is 173 Å². The van der Waals surface area contributed by atoms with Crippen molar-refractivity contribution >= 4 is 71.7 Å². The number of benzene rings is 8. The summed E-state index contributed by atoms with van der Waals surface area (Å²) in [5.74, 6) is 0. The number of anilines is 3. The summed E-state index contributed by atoms with van der Waals surface area (Å²) in [6, 6.07) is 58.8. The Morgan fingerprint density at radius 2 is 1.13 bits per heavy atom. The smallest absolute Gasteiger partial charge is 0.143 e. The summed E-state index contributed by atoms with van der Waals surface area (Å²) in [6.45, 7) is 4.69. The third-order valence-corrected chi connectivity index (χ3v) is 11.2. The zero-order valence-corrected chi connectivity index (χ0v) is 28.9. The molecule has 0 radical (unpaired) electrons. The molecule has 0 aliphatic heterocycles. The average Bonchev–Trinajstić information content (AvgIpc) is 3.84. The van der Waals surface area contributed by atoms with Crippen molar-refractivity contribution in [3.63, 3.8) is 0 Å². The van der Waals surface area contributed by atoms with Gasteiger partial charge in [-0.3, -0.25) is 0 Å². The van der Waals surface area contributed by atoms with Crippen LogP contribution in [-0.4, -0.2) is 0 Å². The second-order valence-corrected chi connectivity index (χ2v) is 14.5. The van der Waals surface area contributed by atoms with Crippen LogP contribution < -0.4 is 4.90 Å². The standard InChI is InChI=1S/C49H33NO2/c1-49(2)40-19-7-5-16-36(40)37-27-25-33(29-41(37)49)50(42-20-11-23-45-47(42)38-17-6-8-21-43(38)51-45)32-14-9-13-31(28-32)34-18-10-22-44-46(34)39-26-24-30-12-3-4-15-35(30)48(39)52-44/h3-29H,1-2H3. The Balaban J connectivity index is 1.16. The van der Waals surface area contributed by atoms with Crippen molar-refractivity contribution in [2.45, 2.75) is 19.3 Å². The molecule has 8 aromatic carbocycles. The summed E-state index contributed by atoms with van der Waals surface area (Å²) >= 11 is 0. The molecule has 0 bridgehead atoms. The molecule has 0 spiro atoms. The molecule has 2 aromatic heterocycles. The van der Waals surface area contributed by atoms with Crippen molar-refractivity contribution in [3.05, 3.63) is 175 Å². The van der Waals surface area contributed by atoms with E-state index in [9.17, 15) is 0 Å². The summed E-state index contributed by atoms with van der Waals surface area (Å²) in [6.07, 6.45) is 0. The van der Waals surface area contributed by atoms with Crippen LogP contribution in [0.1, 0.15) is 25.0 Å². The Labute approximate surface area is 301 Å². The quantitative estimate of drug-likeness (QED) is 0.187. The third kappa shape index (κ3) is 4.08. The minimum atomic E-state index is -0.133. The number of fused-ring (bicyclic) bond motifs is 11. The second-order valence-electron chi connectivity index (χ2n) is 14.5. The predicted molar refractivity (Wildman–Crippen MR) is 216 cm³/mol. The lowest BCUT2D eigenvalue weighted by molar-refractivity contribution is 0.660. The molecule has 0 amide bonds. The van der Waals surface area contributed by atoms with Gasteiger partial charge in [0.1, 0.15) is 22.3 Å². The molecular weight excluding hydrogens is 635 g/mol. The number of furan rings is 2. The fourth-order valence-corrected chi connectivity index (χ4v) is 8.81. The molecule has 0 fully saturated rings. The fraction of sp³-hybridized carbons (Fsp3) is 0.0612. The maximum absolute atomic E-state index is 6.59. The van der Waals surface area contributed by atoms with E-state index >= 15 is 0 Å². The van der Waals surface area contributed by atoms with Crippen LogP contribution in [0.5, 0.6) is 0 Å². The highest BCUT2D eigenvalue weighted by Gasteiger charge is 2.36. The van der Waals surface area contributed by atoms with Crippen molar-refractivity contribution in [2.75, 3.05) is 4.90 Å². The van der Waals surface area contributed by atoms with Crippen LogP contribution in [0.3, 0.4) is 0 Å². The van der Waals surface area contributed by atoms with Crippen LogP contribution in [0, 0.1) is 0 Å². The molecule has 0 unspecified atom stereocenters. The Bertz CT molecular complexity index is 3070. The topological polar surface area (TPSA) is 29.5 Å². The maximum atomic E-state index is 6.59. The van der Waals surface area contributed by atoms with Gasteiger partial charge in [0, 0.05) is 38.3 Å². The van der Waals surface area contributed by atoms with E-state index in [-0.39, 0.29) is 5.41 Å². The van der Waals surface area contributed by atoms with Crippen LogP contribution in [-0.2, 0) is 5.41 Å². The number of rotatable bonds is 4. The minimum absolute atomic E-state index is 0.133. The number of hydrogen-bond acceptors (Lipinski definition) is 3. The zero-order valence-electron chi connectivity index (χ0n) is 28.9. The van der Waals surface area contributed by atoms with Gasteiger partial charge in [-0.1, -0.05) is 123 Å². The molecule has 11 rings (SSSR count). The summed E-state index contributed by atoms with van der Waals surface area (Å²) in [4.78, 5) is 2.41. The zero-order chi connectivity index (χ0) is 34.6. The highest BCUT2D eigenvalue weighted by molar-refractivity contribution is 6.19. The van der Waals surface area contributed by atoms with Gasteiger partial charge >= 0.3 is 0 Å². The van der Waals surface area contributed by atoms with Crippen molar-refractivity contribution in [2.24, 2.45) is 0 Å². The van der Waals surface area contributed by atoms with Crippen molar-refractivity contribution < 1.29 is 8.83 Å². The third-order valence-electron chi connectivity index (χ3n) is 11.2. The van der Waals surface area contributed by atoms with Crippen molar-refractivity contribution in [3.8, 4) is 22.3 Å². The van der Waals surface area contributed by atoms with Crippen LogP contribution in [0.4, 0.5) is 17.1 Å². The minimum Gasteiger partial charge on any atom is -0.456 e. The summed E-state index contributed by atoms with van der Waals surface area (Å²) < 4.78 is 13.0. The summed E-state index contributed by atoms with van der Waals surface area (Å²) in [5, 5.41) is 6.76. The Morgan fingerprint density at radius 3 is 2.06 bits per heavy atom. The van der Waals surface area contributed by atoms with Gasteiger partial charge in [0.2, 0.25) is 0 Å². The van der Waals surface area contributed by atoms with E-state index in [1.807, 2.05) is 6.07 Å². The molecule has 3 nitrogen and oxygen atoms in total. The molecule has 0 atom stereocenters. The maximum Gasteiger partial charge on any atom is 0.143 e. The first-order valence-electron chi connectivity index (χ1n) is 17.9. The van der Waals surface area contributed by atoms with Gasteiger partial charge in [-0.05, 0) is 93.4 Å². The van der Waals surface area contributed by atoms with E-state index in [0.29, 0.717) is 0 Å². The van der Waals surface area contributed by atoms with Crippen LogP contribution in [0.2, 0.25) is 0 Å². The highest BCUT2D eigenvalue weighted by atomic mass is 16.3. The Morgan fingerprint density at radius 1 is 0.442 bits per heavy atom. The Kier molecular flexibility index (Phi) is 6.01. The van der Waals surface area contributed by atoms with E-state index in [4.69, 9.17) is 8.83 Å². The van der Waals surface area contributed by atoms with Crippen molar-refractivity contribution in [1.29, 1.82) is 0 Å². The molecule has 52 heavy (non-hydrogen) atoms. The Hall–Kier alpha value is -6.58. The van der Waals surface area contributed by atoms with Gasteiger partial charge in [0.25, 0.3) is 0 Å². The van der Waals surface area contributed by atoms with E-state index < -0.39 is 0 Å². The molecule has 246 valence electrons. The summed E-state index contributed by atoms with van der Waals surface area (Å²) in [7, 11) is 0. The monoisotopic (exact) mass is 667 g/mol. The van der Waals surface area contributed by atoms with Crippen molar-refractivity contribution in [1.82, 2.24) is 0 Å². The molecule has 0 saturated carbocycles. The highest BCUT2D eigenvalue weighted by Crippen LogP contribution is 2.52. The number of nitrogens with zero attached hydrogens (tertiary/aromatic N) is 1. The van der Waals surface area contributed by atoms with Crippen LogP contribution >= 0.6 is 0 Å². The molecular formula is C49H33NO2. The van der Waals surface area contributed by atoms with E-state index in [1.54, 1.807) is 0 Å². The number of hydrogen-bond donors (Lipinski definition) is 0. The fourth-order valence-electron chi connectivity index (χ4n) is 8.81. The van der Waals surface area contributed by atoms with Gasteiger partial charge in [0.15, 0.2) is 0 Å². The first-order valence-corrected chi connectivity index (χ1v) is 17.9. The largest absolute Gasteiger partial charge is 0.456 e. The van der Waals surface area contributed by atoms with E-state index in [2.05, 4.69) is 176 Å². The average molecular weight is 668 g/mol.